The van der Waals surface area contributed by atoms with Gasteiger partial charge in [-0.05, 0) is 73.0 Å². The number of alkyl halides is 3. The number of carboxylic acid groups (broad SMARTS) is 1. The van der Waals surface area contributed by atoms with Crippen molar-refractivity contribution in [1.82, 2.24) is 9.88 Å². The number of nitrogens with zero attached hydrogens (tertiary/aromatic N) is 1. The van der Waals surface area contributed by atoms with Gasteiger partial charge in [-0.25, -0.2) is 8.78 Å². The van der Waals surface area contributed by atoms with Crippen molar-refractivity contribution in [3.05, 3.63) is 117 Å². The number of amides is 1. The smallest absolute Gasteiger partial charge is 0.416 e. The Bertz CT molecular complexity index is 1830. The second kappa shape index (κ2) is 11.0. The molecule has 1 amide bonds. The Labute approximate surface area is 241 Å². The van der Waals surface area contributed by atoms with Gasteiger partial charge in [0, 0.05) is 29.0 Å². The molecule has 2 heterocycles. The summed E-state index contributed by atoms with van der Waals surface area (Å²) in [6, 6.07) is 8.71. The number of pyridine rings is 1. The fourth-order valence-electron chi connectivity index (χ4n) is 5.17. The average molecular weight is 599 g/mol. The van der Waals surface area contributed by atoms with Gasteiger partial charge in [-0.2, -0.15) is 13.2 Å². The molecule has 0 saturated carbocycles. The predicted molar refractivity (Wildman–Crippen MR) is 145 cm³/mol. The molecule has 0 saturated heterocycles. The number of nitrogens with one attached hydrogen (secondary N) is 1. The zero-order valence-electron chi connectivity index (χ0n) is 22.6. The van der Waals surface area contributed by atoms with Gasteiger partial charge in [0.2, 0.25) is 5.91 Å². The lowest BCUT2D eigenvalue weighted by Gasteiger charge is -2.25. The van der Waals surface area contributed by atoms with Gasteiger partial charge in [0.15, 0.2) is 0 Å². The molecule has 4 aromatic rings. The zero-order chi connectivity index (χ0) is 31.2. The molecule has 5 rings (SSSR count). The van der Waals surface area contributed by atoms with E-state index in [2.05, 4.69) is 5.32 Å². The summed E-state index contributed by atoms with van der Waals surface area (Å²) in [7, 11) is 0. The summed E-state index contributed by atoms with van der Waals surface area (Å²) in [5, 5.41) is 12.1. The number of ether oxygens (including phenoxy) is 1. The molecule has 222 valence electrons. The van der Waals surface area contributed by atoms with Crippen LogP contribution in [0.1, 0.15) is 46.3 Å². The highest BCUT2D eigenvalue weighted by Gasteiger charge is 2.35. The lowest BCUT2D eigenvalue weighted by molar-refractivity contribution is -0.138. The number of aryl methyl sites for hydroxylation is 2. The lowest BCUT2D eigenvalue weighted by Crippen LogP contribution is -2.40. The molecule has 1 aliphatic rings. The molecule has 3 aromatic carbocycles. The molecule has 0 fully saturated rings. The molecule has 4 bridgehead atoms. The molecule has 0 unspecified atom stereocenters. The minimum atomic E-state index is -4.87. The molecular formula is C31H23F5N2O5. The summed E-state index contributed by atoms with van der Waals surface area (Å²) in [6.45, 7) is 3.24. The normalized spacial score (nSPS) is 16.6. The molecule has 7 nitrogen and oxygen atoms in total. The lowest BCUT2D eigenvalue weighted by atomic mass is 9.92. The predicted octanol–water partition coefficient (Wildman–Crippen LogP) is 6.46. The number of carbonyl (C=O) groups is 2. The molecule has 0 radical (unpaired) electrons. The molecule has 12 heteroatoms. The van der Waals surface area contributed by atoms with Crippen molar-refractivity contribution >= 4 is 11.9 Å². The summed E-state index contributed by atoms with van der Waals surface area (Å²) in [6.07, 6.45) is -4.99. The fraction of sp³-hybridized carbons (Fsp3) is 0.194. The molecule has 0 aliphatic carbocycles. The molecule has 1 aliphatic heterocycles. The van der Waals surface area contributed by atoms with Crippen LogP contribution in [-0.2, 0) is 15.8 Å². The number of benzene rings is 3. The van der Waals surface area contributed by atoms with Crippen LogP contribution >= 0.6 is 0 Å². The molecule has 43 heavy (non-hydrogen) atoms. The Morgan fingerprint density at radius 1 is 0.977 bits per heavy atom. The van der Waals surface area contributed by atoms with Crippen molar-refractivity contribution in [2.75, 3.05) is 0 Å². The van der Waals surface area contributed by atoms with Crippen LogP contribution in [0, 0.1) is 25.5 Å². The Balaban J connectivity index is 1.81. The van der Waals surface area contributed by atoms with E-state index < -0.39 is 64.9 Å². The van der Waals surface area contributed by atoms with Gasteiger partial charge in [-0.3, -0.25) is 19.0 Å². The summed E-state index contributed by atoms with van der Waals surface area (Å²) < 4.78 is 77.6. The maximum atomic E-state index is 15.6. The molecular weight excluding hydrogens is 575 g/mol. The van der Waals surface area contributed by atoms with Crippen molar-refractivity contribution in [1.29, 1.82) is 0 Å². The highest BCUT2D eigenvalue weighted by Crippen LogP contribution is 2.40. The quantitative estimate of drug-likeness (QED) is 0.264. The van der Waals surface area contributed by atoms with Crippen molar-refractivity contribution in [3.63, 3.8) is 0 Å². The van der Waals surface area contributed by atoms with E-state index in [0.29, 0.717) is 33.5 Å². The van der Waals surface area contributed by atoms with E-state index in [1.807, 2.05) is 0 Å². The van der Waals surface area contributed by atoms with Crippen LogP contribution in [-0.4, -0.2) is 21.6 Å². The number of hydrogen-bond donors (Lipinski definition) is 2. The first-order valence-electron chi connectivity index (χ1n) is 12.9. The van der Waals surface area contributed by atoms with E-state index in [9.17, 15) is 32.7 Å². The van der Waals surface area contributed by atoms with E-state index in [1.54, 1.807) is 25.1 Å². The Morgan fingerprint density at radius 2 is 1.72 bits per heavy atom. The van der Waals surface area contributed by atoms with Crippen LogP contribution in [0.2, 0.25) is 0 Å². The van der Waals surface area contributed by atoms with Crippen LogP contribution in [0.15, 0.2) is 71.7 Å². The third kappa shape index (κ3) is 5.72. The van der Waals surface area contributed by atoms with Crippen LogP contribution in [0.5, 0.6) is 11.5 Å². The molecule has 2 atom stereocenters. The van der Waals surface area contributed by atoms with Crippen molar-refractivity contribution in [2.45, 2.75) is 38.5 Å². The first-order chi connectivity index (χ1) is 20.2. The number of carboxylic acids is 1. The maximum absolute atomic E-state index is 15.6. The third-order valence-electron chi connectivity index (χ3n) is 7.17. The first-order valence-corrected chi connectivity index (χ1v) is 12.9. The number of carbonyl (C=O) groups excluding carboxylic acids is 1. The number of aliphatic carboxylic acids is 1. The molecule has 2 N–H and O–H groups in total. The average Bonchev–Trinajstić information content (AvgIpc) is 2.92. The monoisotopic (exact) mass is 598 g/mol. The molecule has 0 spiro atoms. The second-order valence-corrected chi connectivity index (χ2v) is 10.2. The van der Waals surface area contributed by atoms with Gasteiger partial charge in [0.1, 0.15) is 29.2 Å². The van der Waals surface area contributed by atoms with E-state index in [-0.39, 0.29) is 28.7 Å². The van der Waals surface area contributed by atoms with Crippen molar-refractivity contribution < 1.29 is 41.4 Å². The number of hydrogen-bond acceptors (Lipinski definition) is 4. The summed E-state index contributed by atoms with van der Waals surface area (Å²) in [4.78, 5) is 38.7. The Kier molecular flexibility index (Phi) is 7.55. The van der Waals surface area contributed by atoms with Crippen LogP contribution < -0.4 is 15.6 Å². The SMILES string of the molecule is Cc1cc2cc(c1F)[C@H](CC(=O)O)NC(=O)[C@H](n1ccc(C(F)(F)F)cc1=O)c1cc(ccc1F)Oc1cccc(C)c1-2. The van der Waals surface area contributed by atoms with Gasteiger partial charge in [0.05, 0.1) is 18.0 Å². The highest BCUT2D eigenvalue weighted by molar-refractivity contribution is 5.85. The van der Waals surface area contributed by atoms with Crippen LogP contribution in [0.3, 0.4) is 0 Å². The second-order valence-electron chi connectivity index (χ2n) is 10.2. The summed E-state index contributed by atoms with van der Waals surface area (Å²) in [5.74, 6) is -4.09. The minimum Gasteiger partial charge on any atom is -0.481 e. The van der Waals surface area contributed by atoms with Gasteiger partial charge >= 0.3 is 12.1 Å². The van der Waals surface area contributed by atoms with E-state index >= 15 is 8.78 Å². The topological polar surface area (TPSA) is 97.6 Å². The standard InChI is InChI=1S/C31H23F5N2O5/c1-15-4-3-5-24-27(15)17-10-16(2)28(33)21(11-17)23(14-26(40)41)37-30(42)29(20-13-19(43-24)6-7-22(20)32)38-9-8-18(12-25(38)39)31(34,35)36/h3-13,23,29H,14H2,1-2H3,(H,37,42)(H,40,41)/t23-,29+/m0/s1. The fourth-order valence-corrected chi connectivity index (χ4v) is 5.17. The van der Waals surface area contributed by atoms with Crippen LogP contribution in [0.4, 0.5) is 22.0 Å². The minimum absolute atomic E-state index is 0.0291. The molecule has 1 aromatic heterocycles. The first kappa shape index (κ1) is 29.5. The number of fused-ring (bicyclic) bond motifs is 6. The van der Waals surface area contributed by atoms with Gasteiger partial charge in [-0.1, -0.05) is 12.1 Å². The van der Waals surface area contributed by atoms with Crippen molar-refractivity contribution in [3.8, 4) is 22.6 Å². The third-order valence-corrected chi connectivity index (χ3v) is 7.17. The summed E-state index contributed by atoms with van der Waals surface area (Å²) in [5.41, 5.74) is -1.43. The number of rotatable bonds is 3. The number of halogens is 5. The van der Waals surface area contributed by atoms with Gasteiger partial charge < -0.3 is 15.2 Å². The van der Waals surface area contributed by atoms with Crippen molar-refractivity contribution in [2.24, 2.45) is 0 Å². The maximum Gasteiger partial charge on any atom is 0.416 e. The van der Waals surface area contributed by atoms with E-state index in [1.165, 1.54) is 25.1 Å². The summed E-state index contributed by atoms with van der Waals surface area (Å²) >= 11 is 0. The van der Waals surface area contributed by atoms with E-state index in [4.69, 9.17) is 4.74 Å². The Morgan fingerprint density at radius 3 is 2.40 bits per heavy atom. The van der Waals surface area contributed by atoms with Gasteiger partial charge in [0.25, 0.3) is 5.56 Å². The van der Waals surface area contributed by atoms with Gasteiger partial charge in [-0.15, -0.1) is 0 Å². The highest BCUT2D eigenvalue weighted by atomic mass is 19.4. The van der Waals surface area contributed by atoms with E-state index in [0.717, 1.165) is 12.1 Å². The zero-order valence-corrected chi connectivity index (χ0v) is 22.6. The number of aromatic nitrogens is 1. The van der Waals surface area contributed by atoms with Crippen LogP contribution in [0.25, 0.3) is 11.1 Å². The Hall–Kier alpha value is -5.00. The largest absolute Gasteiger partial charge is 0.481 e.